The van der Waals surface area contributed by atoms with Crippen LogP contribution in [0.1, 0.15) is 40.9 Å². The van der Waals surface area contributed by atoms with Crippen molar-refractivity contribution in [2.24, 2.45) is 0 Å². The molecule has 35 heavy (non-hydrogen) atoms. The molecule has 0 bridgehead atoms. The molecule has 4 heterocycles. The third-order valence-corrected chi connectivity index (χ3v) is 7.51. The van der Waals surface area contributed by atoms with Gasteiger partial charge < -0.3 is 18.9 Å². The van der Waals surface area contributed by atoms with Crippen LogP contribution in [0.25, 0.3) is 16.8 Å². The number of benzene rings is 1. The Morgan fingerprint density at radius 1 is 0.857 bits per heavy atom. The predicted octanol–water partition coefficient (Wildman–Crippen LogP) is 3.87. The van der Waals surface area contributed by atoms with Crippen LogP contribution in [0.2, 0.25) is 0 Å². The summed E-state index contributed by atoms with van der Waals surface area (Å²) in [5, 5.41) is 0. The molecule has 1 amide bonds. The molecule has 0 spiro atoms. The minimum atomic E-state index is 0.0297. The average molecular weight is 476 g/mol. The molecule has 0 unspecified atom stereocenters. The Hall–Kier alpha value is -2.90. The van der Waals surface area contributed by atoms with Crippen LogP contribution in [0, 0.1) is 13.8 Å². The van der Waals surface area contributed by atoms with Gasteiger partial charge in [0.05, 0.1) is 7.11 Å². The largest absolute Gasteiger partial charge is 0.496 e. The van der Waals surface area contributed by atoms with Crippen molar-refractivity contribution in [2.75, 3.05) is 59.5 Å². The summed E-state index contributed by atoms with van der Waals surface area (Å²) in [6.07, 6.45) is 7.97. The van der Waals surface area contributed by atoms with E-state index in [1.807, 2.05) is 21.6 Å². The molecule has 0 radical (unpaired) electrons. The van der Waals surface area contributed by atoms with Crippen molar-refractivity contribution in [3.05, 3.63) is 53.5 Å². The average Bonchev–Trinajstić information content (AvgIpc) is 3.31. The van der Waals surface area contributed by atoms with Gasteiger partial charge in [-0.1, -0.05) is 6.42 Å². The lowest BCUT2D eigenvalue weighted by Crippen LogP contribution is -2.50. The highest BCUT2D eigenvalue weighted by atomic mass is 16.5. The summed E-state index contributed by atoms with van der Waals surface area (Å²) in [6.45, 7) is 12.3. The summed E-state index contributed by atoms with van der Waals surface area (Å²) < 4.78 is 7.47. The Morgan fingerprint density at radius 3 is 2.17 bits per heavy atom. The number of likely N-dealkylation sites (tertiary alicyclic amines) is 1. The zero-order valence-electron chi connectivity index (χ0n) is 21.3. The van der Waals surface area contributed by atoms with Crippen LogP contribution in [-0.4, -0.2) is 89.5 Å². The zero-order chi connectivity index (χ0) is 24.4. The Morgan fingerprint density at radius 2 is 1.51 bits per heavy atom. The van der Waals surface area contributed by atoms with Gasteiger partial charge in [-0.3, -0.25) is 9.69 Å². The van der Waals surface area contributed by atoms with Gasteiger partial charge in [0.25, 0.3) is 5.91 Å². The van der Waals surface area contributed by atoms with Crippen LogP contribution >= 0.6 is 0 Å². The number of methoxy groups -OCH3 is 1. The highest BCUT2D eigenvalue weighted by Gasteiger charge is 2.24. The summed E-state index contributed by atoms with van der Waals surface area (Å²) in [6, 6.07) is 8.33. The second-order valence-electron chi connectivity index (χ2n) is 9.99. The van der Waals surface area contributed by atoms with Gasteiger partial charge in [0.1, 0.15) is 17.1 Å². The molecule has 0 atom stereocenters. The Kier molecular flexibility index (Phi) is 7.07. The van der Waals surface area contributed by atoms with Gasteiger partial charge in [0, 0.05) is 51.7 Å². The molecular weight excluding hydrogens is 438 g/mol. The van der Waals surface area contributed by atoms with E-state index in [1.54, 1.807) is 7.11 Å². The van der Waals surface area contributed by atoms with Gasteiger partial charge >= 0.3 is 0 Å². The van der Waals surface area contributed by atoms with Gasteiger partial charge in [0.2, 0.25) is 0 Å². The number of piperidine rings is 1. The smallest absolute Gasteiger partial charge is 0.274 e. The number of ether oxygens (including phenoxy) is 1. The van der Waals surface area contributed by atoms with Crippen molar-refractivity contribution >= 4 is 11.6 Å². The number of amides is 1. The number of pyridine rings is 1. The van der Waals surface area contributed by atoms with E-state index in [0.717, 1.165) is 72.9 Å². The minimum Gasteiger partial charge on any atom is -0.496 e. The first-order chi connectivity index (χ1) is 17.0. The first-order valence-electron chi connectivity index (χ1n) is 12.9. The predicted molar refractivity (Wildman–Crippen MR) is 139 cm³/mol. The van der Waals surface area contributed by atoms with Crippen molar-refractivity contribution in [3.63, 3.8) is 0 Å². The van der Waals surface area contributed by atoms with Crippen LogP contribution in [0.15, 0.2) is 36.7 Å². The second kappa shape index (κ2) is 10.4. The number of hydrogen-bond donors (Lipinski definition) is 0. The van der Waals surface area contributed by atoms with Gasteiger partial charge in [-0.2, -0.15) is 0 Å². The van der Waals surface area contributed by atoms with E-state index >= 15 is 0 Å². The minimum absolute atomic E-state index is 0.0297. The number of nitrogens with zero attached hydrogens (tertiary/aromatic N) is 5. The zero-order valence-corrected chi connectivity index (χ0v) is 21.3. The molecule has 1 aromatic carbocycles. The quantitative estimate of drug-likeness (QED) is 0.542. The van der Waals surface area contributed by atoms with Gasteiger partial charge in [-0.25, -0.2) is 4.98 Å². The highest BCUT2D eigenvalue weighted by molar-refractivity contribution is 5.93. The lowest BCUT2D eigenvalue weighted by molar-refractivity contribution is 0.0614. The molecule has 7 heteroatoms. The number of aromatic nitrogens is 2. The van der Waals surface area contributed by atoms with Crippen molar-refractivity contribution in [2.45, 2.75) is 33.1 Å². The van der Waals surface area contributed by atoms with Gasteiger partial charge in [-0.05, 0) is 86.3 Å². The van der Waals surface area contributed by atoms with E-state index < -0.39 is 0 Å². The summed E-state index contributed by atoms with van der Waals surface area (Å²) in [5.41, 5.74) is 5.75. The molecule has 3 aromatic rings. The van der Waals surface area contributed by atoms with Crippen molar-refractivity contribution in [1.29, 1.82) is 0 Å². The first kappa shape index (κ1) is 23.8. The fourth-order valence-electron chi connectivity index (χ4n) is 5.51. The van der Waals surface area contributed by atoms with E-state index in [0.29, 0.717) is 5.69 Å². The van der Waals surface area contributed by atoms with Crippen LogP contribution in [0.3, 0.4) is 0 Å². The molecule has 0 aliphatic carbocycles. The van der Waals surface area contributed by atoms with Crippen molar-refractivity contribution in [1.82, 2.24) is 24.1 Å². The van der Waals surface area contributed by atoms with Crippen molar-refractivity contribution < 1.29 is 9.53 Å². The molecule has 2 aliphatic heterocycles. The molecule has 2 saturated heterocycles. The highest BCUT2D eigenvalue weighted by Crippen LogP contribution is 2.30. The van der Waals surface area contributed by atoms with E-state index in [1.165, 1.54) is 32.4 Å². The fourth-order valence-corrected chi connectivity index (χ4v) is 5.51. The number of carbonyl (C=O) groups is 1. The molecule has 186 valence electrons. The number of rotatable bonds is 6. The molecule has 0 saturated carbocycles. The van der Waals surface area contributed by atoms with E-state index in [9.17, 15) is 4.79 Å². The third kappa shape index (κ3) is 5.21. The number of hydrogen-bond acceptors (Lipinski definition) is 5. The van der Waals surface area contributed by atoms with Gasteiger partial charge in [-0.15, -0.1) is 0 Å². The number of fused-ring (bicyclic) bond motifs is 1. The summed E-state index contributed by atoms with van der Waals surface area (Å²) >= 11 is 0. The molecule has 7 nitrogen and oxygen atoms in total. The number of piperazine rings is 1. The summed E-state index contributed by atoms with van der Waals surface area (Å²) in [5.74, 6) is 0.957. The SMILES string of the molecule is COc1c(C)cc(-c2ccc3nc(C(=O)N4CCN(CCN5CCCCC5)CC4)cn3c2)cc1C. The van der Waals surface area contributed by atoms with Crippen molar-refractivity contribution in [3.8, 4) is 16.9 Å². The number of aryl methyl sites for hydroxylation is 2. The normalized spacial score (nSPS) is 17.7. The van der Waals surface area contributed by atoms with E-state index in [2.05, 4.69) is 53.0 Å². The Labute approximate surface area is 208 Å². The Balaban J connectivity index is 1.23. The van der Waals surface area contributed by atoms with E-state index in [-0.39, 0.29) is 5.91 Å². The molecular formula is C28H37N5O2. The lowest BCUT2D eigenvalue weighted by Gasteiger charge is -2.36. The third-order valence-electron chi connectivity index (χ3n) is 7.51. The molecule has 2 aromatic heterocycles. The monoisotopic (exact) mass is 475 g/mol. The maximum absolute atomic E-state index is 13.2. The first-order valence-corrected chi connectivity index (χ1v) is 12.9. The standard InChI is InChI=1S/C28H37N5O2/c1-21-17-24(18-22(2)27(21)35-3)23-7-8-26-29-25(20-33(26)19-23)28(34)32-15-13-31(14-16-32)12-11-30-9-5-4-6-10-30/h7-8,17-20H,4-6,9-16H2,1-3H3. The van der Waals surface area contributed by atoms with Crippen LogP contribution in [-0.2, 0) is 0 Å². The summed E-state index contributed by atoms with van der Waals surface area (Å²) in [7, 11) is 1.71. The maximum Gasteiger partial charge on any atom is 0.274 e. The molecule has 2 aliphatic rings. The molecule has 0 N–H and O–H groups in total. The molecule has 2 fully saturated rings. The van der Waals surface area contributed by atoms with Crippen LogP contribution in [0.4, 0.5) is 0 Å². The lowest BCUT2D eigenvalue weighted by atomic mass is 10.0. The van der Waals surface area contributed by atoms with Crippen LogP contribution in [0.5, 0.6) is 5.75 Å². The summed E-state index contributed by atoms with van der Waals surface area (Å²) in [4.78, 5) is 24.9. The molecule has 5 rings (SSSR count). The van der Waals surface area contributed by atoms with E-state index in [4.69, 9.17) is 4.74 Å². The van der Waals surface area contributed by atoms with Gasteiger partial charge in [0.15, 0.2) is 0 Å². The van der Waals surface area contributed by atoms with Crippen LogP contribution < -0.4 is 4.74 Å². The fraction of sp³-hybridized carbons (Fsp3) is 0.500. The maximum atomic E-state index is 13.2. The second-order valence-corrected chi connectivity index (χ2v) is 9.99. The topological polar surface area (TPSA) is 53.3 Å². The number of imidazole rings is 1. The number of carbonyl (C=O) groups excluding carboxylic acids is 1. The Bertz CT molecular complexity index is 1170.